The summed E-state index contributed by atoms with van der Waals surface area (Å²) in [4.78, 5) is 9.50. The number of hydrogen-bond donors (Lipinski definition) is 1. The van der Waals surface area contributed by atoms with Gasteiger partial charge in [0.15, 0.2) is 4.96 Å². The van der Waals surface area contributed by atoms with E-state index in [0.717, 1.165) is 15.9 Å². The summed E-state index contributed by atoms with van der Waals surface area (Å²) in [7, 11) is 0. The van der Waals surface area contributed by atoms with Crippen molar-refractivity contribution in [3.05, 3.63) is 53.8 Å². The lowest BCUT2D eigenvalue weighted by atomic mass is 10.2. The third kappa shape index (κ3) is 2.05. The van der Waals surface area contributed by atoms with E-state index in [1.165, 1.54) is 11.3 Å². The lowest BCUT2D eigenvalue weighted by Gasteiger charge is -2.05. The topological polar surface area (TPSA) is 59.7 Å². The molecule has 4 aromatic rings. The first kappa shape index (κ1) is 12.3. The van der Waals surface area contributed by atoms with Crippen LogP contribution < -0.4 is 4.74 Å². The molecular weight excluding hydrogens is 286 g/mol. The summed E-state index contributed by atoms with van der Waals surface area (Å²) in [6.45, 7) is -0.126. The highest BCUT2D eigenvalue weighted by atomic mass is 32.1. The van der Waals surface area contributed by atoms with E-state index in [9.17, 15) is 5.11 Å². The van der Waals surface area contributed by atoms with Crippen molar-refractivity contribution in [3.63, 3.8) is 0 Å². The Morgan fingerprint density at radius 3 is 3.14 bits per heavy atom. The van der Waals surface area contributed by atoms with Gasteiger partial charge < -0.3 is 9.84 Å². The van der Waals surface area contributed by atoms with Crippen LogP contribution in [0.3, 0.4) is 0 Å². The molecule has 0 aliphatic heterocycles. The Morgan fingerprint density at radius 1 is 1.29 bits per heavy atom. The molecule has 0 aliphatic rings. The summed E-state index contributed by atoms with van der Waals surface area (Å²) in [5.74, 6) is 1.08. The Balaban J connectivity index is 1.76. The second kappa shape index (κ2) is 4.83. The van der Waals surface area contributed by atoms with Gasteiger partial charge in [-0.1, -0.05) is 6.07 Å². The average molecular weight is 297 g/mol. The van der Waals surface area contributed by atoms with Gasteiger partial charge >= 0.3 is 0 Å². The second-order valence-corrected chi connectivity index (χ2v) is 5.41. The summed E-state index contributed by atoms with van der Waals surface area (Å²) in [5, 5.41) is 12.5. The van der Waals surface area contributed by atoms with Crippen LogP contribution in [0.2, 0.25) is 0 Å². The highest BCUT2D eigenvalue weighted by Gasteiger charge is 2.14. The summed E-state index contributed by atoms with van der Waals surface area (Å²) in [6.07, 6.45) is 3.62. The van der Waals surface area contributed by atoms with E-state index in [1.54, 1.807) is 6.20 Å². The van der Waals surface area contributed by atoms with Gasteiger partial charge in [-0.15, -0.1) is 11.3 Å². The van der Waals surface area contributed by atoms with E-state index >= 15 is 0 Å². The Bertz CT molecular complexity index is 929. The minimum absolute atomic E-state index is 0.126. The molecule has 4 rings (SSSR count). The number of imidazole rings is 1. The molecule has 1 N–H and O–H groups in total. The van der Waals surface area contributed by atoms with E-state index < -0.39 is 0 Å². The van der Waals surface area contributed by atoms with Crippen molar-refractivity contribution < 1.29 is 9.84 Å². The van der Waals surface area contributed by atoms with Crippen molar-refractivity contribution >= 4 is 27.2 Å². The molecule has 0 radical (unpaired) electrons. The molecule has 104 valence electrons. The number of hydrogen-bond acceptors (Lipinski definition) is 5. The molecule has 1 aromatic carbocycles. The van der Waals surface area contributed by atoms with Gasteiger partial charge in [0, 0.05) is 29.2 Å². The number of aliphatic hydroxyl groups excluding tert-OH is 1. The van der Waals surface area contributed by atoms with Gasteiger partial charge in [-0.3, -0.25) is 9.38 Å². The maximum absolute atomic E-state index is 9.52. The van der Waals surface area contributed by atoms with Crippen molar-refractivity contribution in [2.45, 2.75) is 6.61 Å². The summed E-state index contributed by atoms with van der Waals surface area (Å²) < 4.78 is 7.66. The van der Waals surface area contributed by atoms with Gasteiger partial charge in [0.05, 0.1) is 12.1 Å². The van der Waals surface area contributed by atoms with E-state index in [2.05, 4.69) is 9.97 Å². The van der Waals surface area contributed by atoms with Crippen LogP contribution in [0, 0.1) is 0 Å². The van der Waals surface area contributed by atoms with E-state index in [0.29, 0.717) is 17.3 Å². The number of nitrogens with zero attached hydrogens (tertiary/aromatic N) is 3. The lowest BCUT2D eigenvalue weighted by Crippen LogP contribution is -1.93. The molecule has 0 saturated carbocycles. The SMILES string of the molecule is OCc1c(Oc2ccc3cccnc3c2)nc2sccn12. The van der Waals surface area contributed by atoms with Crippen LogP contribution in [-0.2, 0) is 6.61 Å². The van der Waals surface area contributed by atoms with Crippen LogP contribution in [0.25, 0.3) is 15.9 Å². The van der Waals surface area contributed by atoms with Gasteiger partial charge in [-0.2, -0.15) is 4.98 Å². The molecule has 21 heavy (non-hydrogen) atoms. The maximum Gasteiger partial charge on any atom is 0.244 e. The molecule has 0 bridgehead atoms. The van der Waals surface area contributed by atoms with Crippen molar-refractivity contribution in [1.29, 1.82) is 0 Å². The summed E-state index contributed by atoms with van der Waals surface area (Å²) in [5.41, 5.74) is 1.51. The fourth-order valence-electron chi connectivity index (χ4n) is 2.26. The van der Waals surface area contributed by atoms with Gasteiger partial charge in [-0.05, 0) is 18.2 Å². The zero-order chi connectivity index (χ0) is 14.2. The first-order valence-corrected chi connectivity index (χ1v) is 7.31. The monoisotopic (exact) mass is 297 g/mol. The highest BCUT2D eigenvalue weighted by Crippen LogP contribution is 2.29. The standard InChI is InChI=1S/C15H11N3O2S/c19-9-13-14(17-15-18(13)6-7-21-15)20-11-4-3-10-2-1-5-16-12(10)8-11/h1-8,19H,9H2. The normalized spacial score (nSPS) is 11.3. The number of aromatic nitrogens is 3. The maximum atomic E-state index is 9.52. The summed E-state index contributed by atoms with van der Waals surface area (Å²) >= 11 is 1.50. The highest BCUT2D eigenvalue weighted by molar-refractivity contribution is 7.15. The van der Waals surface area contributed by atoms with Gasteiger partial charge in [0.2, 0.25) is 5.88 Å². The Hall–Kier alpha value is -2.44. The third-order valence-corrected chi connectivity index (χ3v) is 4.02. The molecule has 5 nitrogen and oxygen atoms in total. The van der Waals surface area contributed by atoms with E-state index in [4.69, 9.17) is 4.74 Å². The Labute approximate surface area is 124 Å². The molecule has 0 atom stereocenters. The van der Waals surface area contributed by atoms with E-state index in [1.807, 2.05) is 46.3 Å². The largest absolute Gasteiger partial charge is 0.437 e. The van der Waals surface area contributed by atoms with Crippen LogP contribution in [0.4, 0.5) is 0 Å². The van der Waals surface area contributed by atoms with Gasteiger partial charge in [0.25, 0.3) is 0 Å². The predicted octanol–water partition coefficient (Wildman–Crippen LogP) is 3.23. The third-order valence-electron chi connectivity index (χ3n) is 3.27. The predicted molar refractivity (Wildman–Crippen MR) is 80.8 cm³/mol. The number of rotatable bonds is 3. The van der Waals surface area contributed by atoms with Crippen molar-refractivity contribution in [2.75, 3.05) is 0 Å². The second-order valence-electron chi connectivity index (χ2n) is 4.54. The molecule has 0 fully saturated rings. The Morgan fingerprint density at radius 2 is 2.24 bits per heavy atom. The molecule has 0 spiro atoms. The summed E-state index contributed by atoms with van der Waals surface area (Å²) in [6, 6.07) is 9.59. The Kier molecular flexibility index (Phi) is 2.83. The zero-order valence-electron chi connectivity index (χ0n) is 10.9. The van der Waals surface area contributed by atoms with Crippen LogP contribution >= 0.6 is 11.3 Å². The number of fused-ring (bicyclic) bond motifs is 2. The zero-order valence-corrected chi connectivity index (χ0v) is 11.7. The minimum Gasteiger partial charge on any atom is -0.437 e. The molecule has 6 heteroatoms. The van der Waals surface area contributed by atoms with E-state index in [-0.39, 0.29) is 6.61 Å². The number of aliphatic hydroxyl groups is 1. The number of thiazole rings is 1. The lowest BCUT2D eigenvalue weighted by molar-refractivity contribution is 0.270. The molecule has 0 aliphatic carbocycles. The first-order valence-electron chi connectivity index (χ1n) is 6.43. The fraction of sp³-hybridized carbons (Fsp3) is 0.0667. The molecule has 0 amide bonds. The molecular formula is C15H11N3O2S. The van der Waals surface area contributed by atoms with Crippen LogP contribution in [0.15, 0.2) is 48.1 Å². The molecule has 3 heterocycles. The molecule has 3 aromatic heterocycles. The molecule has 0 unspecified atom stereocenters. The van der Waals surface area contributed by atoms with Crippen LogP contribution in [-0.4, -0.2) is 19.5 Å². The number of benzene rings is 1. The van der Waals surface area contributed by atoms with Crippen molar-refractivity contribution in [2.24, 2.45) is 0 Å². The minimum atomic E-state index is -0.126. The quantitative estimate of drug-likeness (QED) is 0.630. The number of pyridine rings is 1. The smallest absolute Gasteiger partial charge is 0.244 e. The number of ether oxygens (including phenoxy) is 1. The average Bonchev–Trinajstić information content (AvgIpc) is 3.07. The van der Waals surface area contributed by atoms with Crippen LogP contribution in [0.5, 0.6) is 11.6 Å². The first-order chi connectivity index (χ1) is 10.3. The van der Waals surface area contributed by atoms with Gasteiger partial charge in [0.1, 0.15) is 11.4 Å². The molecule has 0 saturated heterocycles. The van der Waals surface area contributed by atoms with Crippen molar-refractivity contribution in [1.82, 2.24) is 14.4 Å². The van der Waals surface area contributed by atoms with Crippen molar-refractivity contribution in [3.8, 4) is 11.6 Å². The van der Waals surface area contributed by atoms with Crippen LogP contribution in [0.1, 0.15) is 5.69 Å². The van der Waals surface area contributed by atoms with Gasteiger partial charge in [-0.25, -0.2) is 0 Å². The fourth-order valence-corrected chi connectivity index (χ4v) is 2.98.